The van der Waals surface area contributed by atoms with Crippen LogP contribution in [-0.2, 0) is 6.42 Å². The molecule has 1 amide bonds. The van der Waals surface area contributed by atoms with E-state index in [-0.39, 0.29) is 5.91 Å². The third-order valence-corrected chi connectivity index (χ3v) is 4.67. The van der Waals surface area contributed by atoms with Crippen molar-refractivity contribution in [3.05, 3.63) is 53.0 Å². The third kappa shape index (κ3) is 4.00. The molecule has 1 aromatic carbocycles. The van der Waals surface area contributed by atoms with Crippen molar-refractivity contribution in [2.75, 3.05) is 20.8 Å². The number of methoxy groups -OCH3 is 2. The fourth-order valence-corrected chi connectivity index (χ4v) is 3.17. The third-order valence-electron chi connectivity index (χ3n) is 3.76. The van der Waals surface area contributed by atoms with Crippen molar-refractivity contribution in [2.45, 2.75) is 6.42 Å². The zero-order valence-electron chi connectivity index (χ0n) is 14.0. The van der Waals surface area contributed by atoms with Crippen LogP contribution in [0.1, 0.15) is 16.1 Å². The van der Waals surface area contributed by atoms with Crippen molar-refractivity contribution in [1.29, 1.82) is 0 Å². The first kappa shape index (κ1) is 17.0. The second-order valence-electron chi connectivity index (χ2n) is 5.33. The molecule has 0 saturated heterocycles. The van der Waals surface area contributed by atoms with Crippen molar-refractivity contribution in [2.24, 2.45) is 0 Å². The van der Waals surface area contributed by atoms with Crippen molar-refractivity contribution < 1.29 is 14.3 Å². The smallest absolute Gasteiger partial charge is 0.271 e. The summed E-state index contributed by atoms with van der Waals surface area (Å²) >= 11 is 1.60. The number of carbonyl (C=O) groups is 1. The van der Waals surface area contributed by atoms with Gasteiger partial charge in [0, 0.05) is 6.54 Å². The van der Waals surface area contributed by atoms with Crippen LogP contribution in [0.5, 0.6) is 11.5 Å². The molecule has 0 aliphatic rings. The molecule has 0 aliphatic heterocycles. The van der Waals surface area contributed by atoms with Gasteiger partial charge in [-0.1, -0.05) is 6.07 Å². The van der Waals surface area contributed by atoms with Gasteiger partial charge in [-0.3, -0.25) is 9.89 Å². The highest BCUT2D eigenvalue weighted by molar-refractivity contribution is 7.13. The fraction of sp³-hybridized carbons (Fsp3) is 0.222. The highest BCUT2D eigenvalue weighted by atomic mass is 32.1. The van der Waals surface area contributed by atoms with Crippen LogP contribution >= 0.6 is 11.3 Å². The van der Waals surface area contributed by atoms with Crippen LogP contribution in [0.15, 0.2) is 41.8 Å². The van der Waals surface area contributed by atoms with Crippen molar-refractivity contribution in [3.63, 3.8) is 0 Å². The summed E-state index contributed by atoms with van der Waals surface area (Å²) in [5, 5.41) is 11.8. The molecule has 2 aromatic heterocycles. The number of ether oxygens (including phenoxy) is 2. The number of hydrogen-bond donors (Lipinski definition) is 2. The van der Waals surface area contributed by atoms with E-state index in [4.69, 9.17) is 9.47 Å². The number of aromatic nitrogens is 2. The van der Waals surface area contributed by atoms with Crippen LogP contribution in [0.25, 0.3) is 10.6 Å². The predicted octanol–water partition coefficient (Wildman–Crippen LogP) is 3.13. The summed E-state index contributed by atoms with van der Waals surface area (Å²) in [4.78, 5) is 13.3. The molecule has 3 aromatic rings. The fourth-order valence-electron chi connectivity index (χ4n) is 2.47. The van der Waals surface area contributed by atoms with Crippen molar-refractivity contribution in [1.82, 2.24) is 15.5 Å². The monoisotopic (exact) mass is 357 g/mol. The van der Waals surface area contributed by atoms with E-state index in [9.17, 15) is 4.79 Å². The summed E-state index contributed by atoms with van der Waals surface area (Å²) in [5.74, 6) is 1.32. The maximum absolute atomic E-state index is 12.2. The minimum atomic E-state index is -0.207. The molecule has 7 heteroatoms. The molecule has 0 bridgehead atoms. The van der Waals surface area contributed by atoms with Crippen LogP contribution < -0.4 is 14.8 Å². The van der Waals surface area contributed by atoms with Gasteiger partial charge in [-0.05, 0) is 47.7 Å². The van der Waals surface area contributed by atoms with E-state index in [1.54, 1.807) is 31.6 Å². The Morgan fingerprint density at radius 3 is 2.84 bits per heavy atom. The van der Waals surface area contributed by atoms with Crippen LogP contribution in [0, 0.1) is 0 Å². The van der Waals surface area contributed by atoms with Gasteiger partial charge >= 0.3 is 0 Å². The van der Waals surface area contributed by atoms with Crippen LogP contribution in [0.4, 0.5) is 0 Å². The first-order chi connectivity index (χ1) is 12.2. The molecule has 0 radical (unpaired) electrons. The summed E-state index contributed by atoms with van der Waals surface area (Å²) in [7, 11) is 3.25. The lowest BCUT2D eigenvalue weighted by atomic mass is 10.1. The Kier molecular flexibility index (Phi) is 5.35. The molecule has 0 fully saturated rings. The number of nitrogens with zero attached hydrogens (tertiary/aromatic N) is 1. The normalized spacial score (nSPS) is 10.5. The zero-order chi connectivity index (χ0) is 17.6. The standard InChI is InChI=1S/C18H19N3O3S/c1-23-13-5-6-16(24-2)12(10-13)7-8-19-18(22)15-11-14(20-21-15)17-4-3-9-25-17/h3-6,9-11H,7-8H2,1-2H3,(H,19,22)(H,20,21). The SMILES string of the molecule is COc1ccc(OC)c(CCNC(=O)c2cc(-c3cccs3)[nH]n2)c1. The van der Waals surface area contributed by atoms with Crippen LogP contribution in [0.2, 0.25) is 0 Å². The van der Waals surface area contributed by atoms with Gasteiger partial charge in [0.05, 0.1) is 24.8 Å². The minimum absolute atomic E-state index is 0.207. The first-order valence-corrected chi connectivity index (χ1v) is 8.67. The predicted molar refractivity (Wildman–Crippen MR) is 97.5 cm³/mol. The second kappa shape index (κ2) is 7.85. The number of thiophene rings is 1. The van der Waals surface area contributed by atoms with Gasteiger partial charge in [0.25, 0.3) is 5.91 Å². The average Bonchev–Trinajstić information content (AvgIpc) is 3.32. The van der Waals surface area contributed by atoms with Gasteiger partial charge in [-0.15, -0.1) is 11.3 Å². The lowest BCUT2D eigenvalue weighted by Gasteiger charge is -2.10. The molecule has 0 unspecified atom stereocenters. The quantitative estimate of drug-likeness (QED) is 0.681. The second-order valence-corrected chi connectivity index (χ2v) is 6.28. The summed E-state index contributed by atoms with van der Waals surface area (Å²) < 4.78 is 10.6. The highest BCUT2D eigenvalue weighted by Gasteiger charge is 2.12. The Hall–Kier alpha value is -2.80. The van der Waals surface area contributed by atoms with E-state index < -0.39 is 0 Å². The Morgan fingerprint density at radius 2 is 2.12 bits per heavy atom. The van der Waals surface area contributed by atoms with E-state index in [1.807, 2.05) is 35.7 Å². The number of amides is 1. The Morgan fingerprint density at radius 1 is 1.24 bits per heavy atom. The van der Waals surface area contributed by atoms with Gasteiger partial charge in [0.2, 0.25) is 0 Å². The number of rotatable bonds is 7. The van der Waals surface area contributed by atoms with Gasteiger partial charge in [0.15, 0.2) is 5.69 Å². The number of benzene rings is 1. The van der Waals surface area contributed by atoms with E-state index in [0.717, 1.165) is 27.6 Å². The lowest BCUT2D eigenvalue weighted by molar-refractivity contribution is 0.0949. The van der Waals surface area contributed by atoms with Crippen LogP contribution in [-0.4, -0.2) is 36.9 Å². The molecule has 2 heterocycles. The maximum Gasteiger partial charge on any atom is 0.271 e. The molecular weight excluding hydrogens is 338 g/mol. The summed E-state index contributed by atoms with van der Waals surface area (Å²) in [6, 6.07) is 11.3. The molecule has 0 spiro atoms. The molecule has 25 heavy (non-hydrogen) atoms. The zero-order valence-corrected chi connectivity index (χ0v) is 14.9. The van der Waals surface area contributed by atoms with E-state index in [2.05, 4.69) is 15.5 Å². The maximum atomic E-state index is 12.2. The molecule has 3 rings (SSSR count). The van der Waals surface area contributed by atoms with Gasteiger partial charge < -0.3 is 14.8 Å². The summed E-state index contributed by atoms with van der Waals surface area (Å²) in [5.41, 5.74) is 2.19. The first-order valence-electron chi connectivity index (χ1n) is 7.79. The van der Waals surface area contributed by atoms with E-state index in [1.165, 1.54) is 0 Å². The topological polar surface area (TPSA) is 76.2 Å². The van der Waals surface area contributed by atoms with Gasteiger partial charge in [-0.2, -0.15) is 5.10 Å². The van der Waals surface area contributed by atoms with E-state index >= 15 is 0 Å². The highest BCUT2D eigenvalue weighted by Crippen LogP contribution is 2.24. The lowest BCUT2D eigenvalue weighted by Crippen LogP contribution is -2.26. The van der Waals surface area contributed by atoms with Crippen molar-refractivity contribution in [3.8, 4) is 22.1 Å². The Bertz CT molecular complexity index is 843. The average molecular weight is 357 g/mol. The number of nitrogens with one attached hydrogen (secondary N) is 2. The van der Waals surface area contributed by atoms with E-state index in [0.29, 0.717) is 18.7 Å². The largest absolute Gasteiger partial charge is 0.497 e. The molecule has 130 valence electrons. The number of aromatic amines is 1. The molecule has 0 aliphatic carbocycles. The Labute approximate surface area is 149 Å². The number of hydrogen-bond acceptors (Lipinski definition) is 5. The number of H-pyrrole nitrogens is 1. The summed E-state index contributed by atoms with van der Waals surface area (Å²) in [6.07, 6.45) is 0.633. The molecule has 6 nitrogen and oxygen atoms in total. The van der Waals surface area contributed by atoms with Crippen LogP contribution in [0.3, 0.4) is 0 Å². The van der Waals surface area contributed by atoms with Crippen molar-refractivity contribution >= 4 is 17.2 Å². The number of carbonyl (C=O) groups excluding carboxylic acids is 1. The molecule has 2 N–H and O–H groups in total. The molecular formula is C18H19N3O3S. The molecule has 0 atom stereocenters. The summed E-state index contributed by atoms with van der Waals surface area (Å²) in [6.45, 7) is 0.476. The Balaban J connectivity index is 1.60. The minimum Gasteiger partial charge on any atom is -0.497 e. The van der Waals surface area contributed by atoms with Gasteiger partial charge in [-0.25, -0.2) is 0 Å². The van der Waals surface area contributed by atoms with Gasteiger partial charge in [0.1, 0.15) is 11.5 Å². The molecule has 0 saturated carbocycles.